The molecule has 0 bridgehead atoms. The Kier molecular flexibility index (Phi) is 3.25. The van der Waals surface area contributed by atoms with E-state index in [1.165, 1.54) is 24.3 Å². The van der Waals surface area contributed by atoms with E-state index in [0.717, 1.165) is 0 Å². The third-order valence-electron chi connectivity index (χ3n) is 1.91. The minimum Gasteiger partial charge on any atom is -0.508 e. The van der Waals surface area contributed by atoms with Crippen molar-refractivity contribution >= 4 is 0 Å². The molecule has 0 heterocycles. The number of phenols is 1. The van der Waals surface area contributed by atoms with Gasteiger partial charge in [-0.05, 0) is 18.2 Å². The van der Waals surface area contributed by atoms with Crippen LogP contribution in [0.3, 0.4) is 0 Å². The van der Waals surface area contributed by atoms with Crippen molar-refractivity contribution < 1.29 is 15.3 Å². The number of phenolic OH excluding ortho intramolecular Hbond substituents is 1. The molecule has 0 aromatic heterocycles. The Morgan fingerprint density at radius 1 is 1.20 bits per heavy atom. The van der Waals surface area contributed by atoms with Crippen molar-refractivity contribution in [2.45, 2.75) is 12.2 Å². The molecule has 0 radical (unpaired) electrons. The van der Waals surface area contributed by atoms with E-state index < -0.39 is 12.2 Å². The van der Waals surface area contributed by atoms with Crippen molar-refractivity contribution in [3.63, 3.8) is 0 Å². The Hall–Kier alpha value is -2.08. The smallest absolute Gasteiger partial charge is 0.170 e. The van der Waals surface area contributed by atoms with Crippen LogP contribution in [-0.2, 0) is 0 Å². The molecule has 0 amide bonds. The fourth-order valence-corrected chi connectivity index (χ4v) is 1.10. The SMILES string of the molecule is N#Cc1ccc(O)c(C(O)C(O)C#N)c1. The largest absolute Gasteiger partial charge is 0.508 e. The summed E-state index contributed by atoms with van der Waals surface area (Å²) in [7, 11) is 0. The zero-order valence-electron chi connectivity index (χ0n) is 7.62. The molecule has 15 heavy (non-hydrogen) atoms. The van der Waals surface area contributed by atoms with Gasteiger partial charge in [-0.25, -0.2) is 0 Å². The van der Waals surface area contributed by atoms with E-state index in [-0.39, 0.29) is 16.9 Å². The number of hydrogen-bond donors (Lipinski definition) is 3. The topological polar surface area (TPSA) is 108 Å². The van der Waals surface area contributed by atoms with Gasteiger partial charge in [-0.1, -0.05) is 0 Å². The van der Waals surface area contributed by atoms with Crippen LogP contribution in [0.25, 0.3) is 0 Å². The van der Waals surface area contributed by atoms with Gasteiger partial charge >= 0.3 is 0 Å². The van der Waals surface area contributed by atoms with Crippen molar-refractivity contribution in [2.75, 3.05) is 0 Å². The minimum absolute atomic E-state index is 0.0388. The maximum atomic E-state index is 9.45. The van der Waals surface area contributed by atoms with E-state index in [2.05, 4.69) is 0 Å². The van der Waals surface area contributed by atoms with Gasteiger partial charge in [0.2, 0.25) is 0 Å². The third kappa shape index (κ3) is 2.23. The highest BCUT2D eigenvalue weighted by Crippen LogP contribution is 2.27. The molecule has 0 aliphatic rings. The van der Waals surface area contributed by atoms with Crippen LogP contribution in [-0.4, -0.2) is 21.4 Å². The molecule has 76 valence electrons. The second-order valence-electron chi connectivity index (χ2n) is 2.90. The molecular formula is C10H8N2O3. The lowest BCUT2D eigenvalue weighted by atomic mass is 10.0. The second kappa shape index (κ2) is 4.43. The first-order valence-corrected chi connectivity index (χ1v) is 4.09. The first kappa shape index (κ1) is 11.0. The van der Waals surface area contributed by atoms with Gasteiger partial charge in [0, 0.05) is 5.56 Å². The third-order valence-corrected chi connectivity index (χ3v) is 1.91. The van der Waals surface area contributed by atoms with E-state index in [1.54, 1.807) is 0 Å². The first-order valence-electron chi connectivity index (χ1n) is 4.09. The number of hydrogen-bond acceptors (Lipinski definition) is 5. The predicted molar refractivity (Wildman–Crippen MR) is 49.4 cm³/mol. The highest BCUT2D eigenvalue weighted by Gasteiger charge is 2.21. The molecule has 0 saturated carbocycles. The zero-order valence-corrected chi connectivity index (χ0v) is 7.62. The lowest BCUT2D eigenvalue weighted by molar-refractivity contribution is 0.0511. The molecule has 5 heteroatoms. The zero-order chi connectivity index (χ0) is 11.4. The molecule has 3 N–H and O–H groups in total. The van der Waals surface area contributed by atoms with Crippen LogP contribution >= 0.6 is 0 Å². The van der Waals surface area contributed by atoms with Crippen molar-refractivity contribution in [1.29, 1.82) is 10.5 Å². The maximum absolute atomic E-state index is 9.45. The molecule has 2 unspecified atom stereocenters. The van der Waals surface area contributed by atoms with E-state index in [9.17, 15) is 10.2 Å². The highest BCUT2D eigenvalue weighted by atomic mass is 16.3. The molecule has 0 spiro atoms. The van der Waals surface area contributed by atoms with Gasteiger partial charge in [0.15, 0.2) is 6.10 Å². The molecule has 1 aromatic rings. The monoisotopic (exact) mass is 204 g/mol. The van der Waals surface area contributed by atoms with Gasteiger partial charge in [0.05, 0.1) is 17.7 Å². The molecule has 1 aromatic carbocycles. The Balaban J connectivity index is 3.14. The molecular weight excluding hydrogens is 196 g/mol. The van der Waals surface area contributed by atoms with Crippen LogP contribution in [0.1, 0.15) is 17.2 Å². The number of aliphatic hydroxyl groups is 2. The molecule has 0 saturated heterocycles. The summed E-state index contributed by atoms with van der Waals surface area (Å²) in [6.45, 7) is 0. The van der Waals surface area contributed by atoms with E-state index in [1.807, 2.05) is 6.07 Å². The summed E-state index contributed by atoms with van der Waals surface area (Å²) >= 11 is 0. The van der Waals surface area contributed by atoms with Crippen molar-refractivity contribution in [3.05, 3.63) is 29.3 Å². The fourth-order valence-electron chi connectivity index (χ4n) is 1.10. The van der Waals surface area contributed by atoms with Gasteiger partial charge in [-0.15, -0.1) is 0 Å². The molecule has 2 atom stereocenters. The van der Waals surface area contributed by atoms with Gasteiger partial charge in [0.1, 0.15) is 11.9 Å². The molecule has 0 aliphatic heterocycles. The van der Waals surface area contributed by atoms with Crippen molar-refractivity contribution in [1.82, 2.24) is 0 Å². The highest BCUT2D eigenvalue weighted by molar-refractivity contribution is 5.43. The number of aromatic hydroxyl groups is 1. The van der Waals surface area contributed by atoms with Crippen LogP contribution < -0.4 is 0 Å². The Morgan fingerprint density at radius 2 is 1.87 bits per heavy atom. The average Bonchev–Trinajstić information content (AvgIpc) is 2.27. The fraction of sp³-hybridized carbons (Fsp3) is 0.200. The van der Waals surface area contributed by atoms with Crippen molar-refractivity contribution in [2.24, 2.45) is 0 Å². The normalized spacial score (nSPS) is 13.6. The first-order chi connectivity index (χ1) is 7.10. The Labute approximate surface area is 86.1 Å². The molecule has 5 nitrogen and oxygen atoms in total. The quantitative estimate of drug-likeness (QED) is 0.595. The molecule has 0 fully saturated rings. The Bertz CT molecular complexity index is 445. The molecule has 1 rings (SSSR count). The van der Waals surface area contributed by atoms with E-state index in [4.69, 9.17) is 15.6 Å². The number of nitrogens with zero attached hydrogens (tertiary/aromatic N) is 2. The summed E-state index contributed by atoms with van der Waals surface area (Å²) in [4.78, 5) is 0. The number of aliphatic hydroxyl groups excluding tert-OH is 2. The summed E-state index contributed by atoms with van der Waals surface area (Å²) in [6, 6.07) is 7.07. The standard InChI is InChI=1S/C10H8N2O3/c11-4-6-1-2-8(13)7(3-6)10(15)9(14)5-12/h1-3,9-10,13-15H. The lowest BCUT2D eigenvalue weighted by Gasteiger charge is -2.13. The van der Waals surface area contributed by atoms with Crippen LogP contribution in [0.2, 0.25) is 0 Å². The predicted octanol–water partition coefficient (Wildman–Crippen LogP) is 0.182. The van der Waals surface area contributed by atoms with Gasteiger partial charge < -0.3 is 15.3 Å². The van der Waals surface area contributed by atoms with Crippen LogP contribution in [0.4, 0.5) is 0 Å². The number of nitriles is 2. The summed E-state index contributed by atoms with van der Waals surface area (Å²) in [5, 5.41) is 44.8. The van der Waals surface area contributed by atoms with Crippen molar-refractivity contribution in [3.8, 4) is 17.9 Å². The maximum Gasteiger partial charge on any atom is 0.170 e. The number of rotatable bonds is 2. The van der Waals surface area contributed by atoms with E-state index in [0.29, 0.717) is 0 Å². The van der Waals surface area contributed by atoms with E-state index >= 15 is 0 Å². The van der Waals surface area contributed by atoms with Crippen LogP contribution in [0.15, 0.2) is 18.2 Å². The van der Waals surface area contributed by atoms with Crippen LogP contribution in [0, 0.1) is 22.7 Å². The summed E-state index contributed by atoms with van der Waals surface area (Å²) in [5.41, 5.74) is 0.190. The van der Waals surface area contributed by atoms with Gasteiger partial charge in [-0.3, -0.25) is 0 Å². The molecule has 0 aliphatic carbocycles. The second-order valence-corrected chi connectivity index (χ2v) is 2.90. The van der Waals surface area contributed by atoms with Gasteiger partial charge in [-0.2, -0.15) is 10.5 Å². The Morgan fingerprint density at radius 3 is 2.40 bits per heavy atom. The van der Waals surface area contributed by atoms with Gasteiger partial charge in [0.25, 0.3) is 0 Å². The summed E-state index contributed by atoms with van der Waals surface area (Å²) in [5.74, 6) is -0.268. The van der Waals surface area contributed by atoms with Crippen LogP contribution in [0.5, 0.6) is 5.75 Å². The summed E-state index contributed by atoms with van der Waals surface area (Å²) in [6.07, 6.45) is -3.16. The average molecular weight is 204 g/mol. The number of benzene rings is 1. The lowest BCUT2D eigenvalue weighted by Crippen LogP contribution is -2.15. The minimum atomic E-state index is -1.63. The summed E-state index contributed by atoms with van der Waals surface area (Å²) < 4.78 is 0.